The molecule has 3 aliphatic rings. The summed E-state index contributed by atoms with van der Waals surface area (Å²) in [5, 5.41) is 12.3. The molecule has 21 heavy (non-hydrogen) atoms. The first-order valence-electron chi connectivity index (χ1n) is 7.85. The molecule has 2 amide bonds. The highest BCUT2D eigenvalue weighted by Gasteiger charge is 2.54. The van der Waals surface area contributed by atoms with E-state index < -0.39 is 12.0 Å². The molecule has 2 aliphatic carbocycles. The molecule has 2 saturated carbocycles. The zero-order valence-electron chi connectivity index (χ0n) is 12.7. The van der Waals surface area contributed by atoms with Gasteiger partial charge in [0.05, 0.1) is 5.37 Å². The number of urea groups is 1. The quantitative estimate of drug-likeness (QED) is 0.818. The third-order valence-corrected chi connectivity index (χ3v) is 6.67. The molecule has 0 bridgehead atoms. The van der Waals surface area contributed by atoms with Crippen molar-refractivity contribution in [1.29, 1.82) is 0 Å². The molecule has 0 aromatic rings. The van der Waals surface area contributed by atoms with Crippen LogP contribution in [0.15, 0.2) is 0 Å². The number of thioether (sulfide) groups is 1. The predicted octanol–water partition coefficient (Wildman–Crippen LogP) is 2.37. The van der Waals surface area contributed by atoms with Crippen molar-refractivity contribution in [3.63, 3.8) is 0 Å². The Balaban J connectivity index is 1.63. The first-order valence-corrected chi connectivity index (χ1v) is 8.90. The van der Waals surface area contributed by atoms with Gasteiger partial charge in [-0.1, -0.05) is 13.8 Å². The predicted molar refractivity (Wildman–Crippen MR) is 82.1 cm³/mol. The number of carboxylic acids is 1. The van der Waals surface area contributed by atoms with E-state index in [1.54, 1.807) is 16.7 Å². The highest BCUT2D eigenvalue weighted by molar-refractivity contribution is 8.00. The van der Waals surface area contributed by atoms with Gasteiger partial charge in [0, 0.05) is 12.3 Å². The Morgan fingerprint density at radius 1 is 1.38 bits per heavy atom. The first-order chi connectivity index (χ1) is 9.94. The summed E-state index contributed by atoms with van der Waals surface area (Å²) < 4.78 is 0. The van der Waals surface area contributed by atoms with Crippen molar-refractivity contribution in [1.82, 2.24) is 10.2 Å². The molecule has 118 valence electrons. The third-order valence-electron chi connectivity index (χ3n) is 5.05. The number of amides is 2. The van der Waals surface area contributed by atoms with Crippen LogP contribution < -0.4 is 5.32 Å². The molecule has 0 aromatic carbocycles. The summed E-state index contributed by atoms with van der Waals surface area (Å²) in [7, 11) is 0. The fourth-order valence-electron chi connectivity index (χ4n) is 3.42. The zero-order valence-corrected chi connectivity index (χ0v) is 13.5. The van der Waals surface area contributed by atoms with Crippen molar-refractivity contribution in [3.8, 4) is 0 Å². The van der Waals surface area contributed by atoms with E-state index in [1.807, 2.05) is 13.8 Å². The maximum atomic E-state index is 12.5. The molecule has 2 atom stereocenters. The Morgan fingerprint density at radius 2 is 2.05 bits per heavy atom. The lowest BCUT2D eigenvalue weighted by molar-refractivity contribution is -0.141. The van der Waals surface area contributed by atoms with Crippen LogP contribution in [0.4, 0.5) is 4.79 Å². The molecule has 1 aliphatic heterocycles. The summed E-state index contributed by atoms with van der Waals surface area (Å²) in [5.41, 5.74) is 0.342. The van der Waals surface area contributed by atoms with Gasteiger partial charge in [-0.25, -0.2) is 9.59 Å². The molecule has 2 unspecified atom stereocenters. The average Bonchev–Trinajstić information content (AvgIpc) is 3.31. The van der Waals surface area contributed by atoms with Gasteiger partial charge in [0.25, 0.3) is 0 Å². The van der Waals surface area contributed by atoms with Gasteiger partial charge < -0.3 is 10.4 Å². The van der Waals surface area contributed by atoms with E-state index in [1.165, 1.54) is 25.7 Å². The average molecular weight is 312 g/mol. The summed E-state index contributed by atoms with van der Waals surface area (Å²) >= 11 is 1.58. The van der Waals surface area contributed by atoms with Gasteiger partial charge in [-0.05, 0) is 42.9 Å². The van der Waals surface area contributed by atoms with Crippen LogP contribution in [-0.2, 0) is 4.79 Å². The molecule has 3 rings (SSSR count). The molecule has 6 heteroatoms. The van der Waals surface area contributed by atoms with E-state index in [2.05, 4.69) is 5.32 Å². The molecule has 1 saturated heterocycles. The normalized spacial score (nSPS) is 30.5. The number of carboxylic acid groups (broad SMARTS) is 1. The molecule has 1 heterocycles. The lowest BCUT2D eigenvalue weighted by Gasteiger charge is -2.30. The summed E-state index contributed by atoms with van der Waals surface area (Å²) in [6, 6.07) is -0.892. The van der Waals surface area contributed by atoms with Gasteiger partial charge in [0.1, 0.15) is 6.04 Å². The fourth-order valence-corrected chi connectivity index (χ4v) is 4.89. The van der Waals surface area contributed by atoms with E-state index in [0.29, 0.717) is 11.2 Å². The van der Waals surface area contributed by atoms with Crippen LogP contribution in [0.25, 0.3) is 0 Å². The highest BCUT2D eigenvalue weighted by Crippen LogP contribution is 2.60. The minimum Gasteiger partial charge on any atom is -0.480 e. The van der Waals surface area contributed by atoms with E-state index in [-0.39, 0.29) is 17.3 Å². The molecule has 5 nitrogen and oxygen atoms in total. The summed E-state index contributed by atoms with van der Waals surface area (Å²) in [4.78, 5) is 25.5. The first kappa shape index (κ1) is 15.0. The standard InChI is InChI=1S/C15H24N2O3S/c1-9(2)12-17(11(7-21-12)13(18)19)14(20)16-8-15(5-6-15)10-3-4-10/h9-12H,3-8H2,1-2H3,(H,16,20)(H,18,19). The zero-order chi connectivity index (χ0) is 15.2. The Hall–Kier alpha value is -0.910. The Labute approximate surface area is 129 Å². The largest absolute Gasteiger partial charge is 0.480 e. The van der Waals surface area contributed by atoms with E-state index in [9.17, 15) is 14.7 Å². The van der Waals surface area contributed by atoms with Crippen LogP contribution in [0.3, 0.4) is 0 Å². The van der Waals surface area contributed by atoms with E-state index in [0.717, 1.165) is 12.5 Å². The summed E-state index contributed by atoms with van der Waals surface area (Å²) in [6.07, 6.45) is 5.01. The van der Waals surface area contributed by atoms with Gasteiger partial charge in [0.2, 0.25) is 0 Å². The maximum absolute atomic E-state index is 12.5. The van der Waals surface area contributed by atoms with Gasteiger partial charge in [-0.15, -0.1) is 11.8 Å². The van der Waals surface area contributed by atoms with Crippen LogP contribution in [0.1, 0.15) is 39.5 Å². The monoisotopic (exact) mass is 312 g/mol. The van der Waals surface area contributed by atoms with Crippen molar-refractivity contribution in [3.05, 3.63) is 0 Å². The number of rotatable bonds is 5. The second-order valence-corrected chi connectivity index (χ2v) is 8.17. The topological polar surface area (TPSA) is 69.6 Å². The van der Waals surface area contributed by atoms with Crippen molar-refractivity contribution < 1.29 is 14.7 Å². The van der Waals surface area contributed by atoms with Crippen LogP contribution in [-0.4, -0.2) is 45.7 Å². The third kappa shape index (κ3) is 2.87. The van der Waals surface area contributed by atoms with Crippen LogP contribution in [0.5, 0.6) is 0 Å². The molecule has 3 fully saturated rings. The number of hydrogen-bond donors (Lipinski definition) is 2. The molecular weight excluding hydrogens is 288 g/mol. The van der Waals surface area contributed by atoms with E-state index >= 15 is 0 Å². The number of nitrogens with zero attached hydrogens (tertiary/aromatic N) is 1. The Morgan fingerprint density at radius 3 is 2.52 bits per heavy atom. The van der Waals surface area contributed by atoms with Crippen LogP contribution >= 0.6 is 11.8 Å². The van der Waals surface area contributed by atoms with Gasteiger partial charge in [-0.3, -0.25) is 4.90 Å². The van der Waals surface area contributed by atoms with E-state index in [4.69, 9.17) is 0 Å². The lowest BCUT2D eigenvalue weighted by atomic mass is 10.0. The lowest BCUT2D eigenvalue weighted by Crippen LogP contribution is -2.52. The maximum Gasteiger partial charge on any atom is 0.327 e. The second kappa shape index (κ2) is 5.38. The van der Waals surface area contributed by atoms with Gasteiger partial charge in [0.15, 0.2) is 0 Å². The number of hydrogen-bond acceptors (Lipinski definition) is 3. The number of aliphatic carboxylic acids is 1. The van der Waals surface area contributed by atoms with Crippen LogP contribution in [0.2, 0.25) is 0 Å². The highest BCUT2D eigenvalue weighted by atomic mass is 32.2. The molecule has 0 radical (unpaired) electrons. The smallest absolute Gasteiger partial charge is 0.327 e. The number of nitrogens with one attached hydrogen (secondary N) is 1. The van der Waals surface area contributed by atoms with Crippen molar-refractivity contribution >= 4 is 23.8 Å². The molecule has 0 aromatic heterocycles. The minimum absolute atomic E-state index is 0.0396. The van der Waals surface area contributed by atoms with Crippen molar-refractivity contribution in [2.24, 2.45) is 17.3 Å². The molecule has 0 spiro atoms. The minimum atomic E-state index is -0.899. The van der Waals surface area contributed by atoms with Crippen LogP contribution in [0, 0.1) is 17.3 Å². The van der Waals surface area contributed by atoms with Crippen molar-refractivity contribution in [2.75, 3.05) is 12.3 Å². The number of carbonyl (C=O) groups is 2. The summed E-state index contributed by atoms with van der Waals surface area (Å²) in [6.45, 7) is 4.79. The number of carbonyl (C=O) groups excluding carboxylic acids is 1. The molecular formula is C15H24N2O3S. The summed E-state index contributed by atoms with van der Waals surface area (Å²) in [5.74, 6) is 0.633. The van der Waals surface area contributed by atoms with Crippen molar-refractivity contribution in [2.45, 2.75) is 50.9 Å². The Kier molecular flexibility index (Phi) is 3.84. The van der Waals surface area contributed by atoms with Gasteiger partial charge >= 0.3 is 12.0 Å². The Bertz CT molecular complexity index is 446. The SMILES string of the molecule is CC(C)C1SCC(C(=O)O)N1C(=O)NCC1(C2CC2)CC1. The second-order valence-electron chi connectivity index (χ2n) is 7.02. The fraction of sp³-hybridized carbons (Fsp3) is 0.867. The molecule has 2 N–H and O–H groups in total. The van der Waals surface area contributed by atoms with Gasteiger partial charge in [-0.2, -0.15) is 0 Å².